The van der Waals surface area contributed by atoms with Crippen molar-refractivity contribution in [3.8, 4) is 6.01 Å². The standard InChI is InChI=1S/C15H24N4O3S/c1-12-10-13(2)17-15(16-12)22-14-6-5-9-19(11-14)23(20,21)18-7-3-4-8-18/h10,14H,3-9,11H2,1-2H3. The lowest BCUT2D eigenvalue weighted by Crippen LogP contribution is -2.49. The van der Waals surface area contributed by atoms with E-state index in [2.05, 4.69) is 9.97 Å². The molecule has 0 radical (unpaired) electrons. The lowest BCUT2D eigenvalue weighted by atomic mass is 10.1. The van der Waals surface area contributed by atoms with E-state index in [4.69, 9.17) is 4.74 Å². The molecule has 128 valence electrons. The molecule has 0 aromatic carbocycles. The Morgan fingerprint density at radius 1 is 1.04 bits per heavy atom. The summed E-state index contributed by atoms with van der Waals surface area (Å²) in [5.41, 5.74) is 1.70. The van der Waals surface area contributed by atoms with Crippen LogP contribution in [0.5, 0.6) is 6.01 Å². The molecule has 2 aliphatic heterocycles. The molecule has 0 N–H and O–H groups in total. The Balaban J connectivity index is 1.68. The fourth-order valence-corrected chi connectivity index (χ4v) is 4.95. The predicted octanol–water partition coefficient (Wildman–Crippen LogP) is 1.28. The van der Waals surface area contributed by atoms with Crippen molar-refractivity contribution in [3.63, 3.8) is 0 Å². The minimum absolute atomic E-state index is 0.192. The van der Waals surface area contributed by atoms with E-state index in [0.29, 0.717) is 32.2 Å². The van der Waals surface area contributed by atoms with Crippen molar-refractivity contribution in [2.45, 2.75) is 45.6 Å². The van der Waals surface area contributed by atoms with Gasteiger partial charge in [-0.3, -0.25) is 0 Å². The third kappa shape index (κ3) is 3.81. The highest BCUT2D eigenvalue weighted by Crippen LogP contribution is 2.22. The summed E-state index contributed by atoms with van der Waals surface area (Å²) in [6.45, 7) is 5.98. The second-order valence-electron chi connectivity index (χ2n) is 6.29. The van der Waals surface area contributed by atoms with Crippen LogP contribution in [0.15, 0.2) is 6.07 Å². The molecule has 1 atom stereocenters. The largest absolute Gasteiger partial charge is 0.459 e. The van der Waals surface area contributed by atoms with Crippen molar-refractivity contribution in [2.75, 3.05) is 26.2 Å². The first kappa shape index (κ1) is 16.6. The molecule has 0 bridgehead atoms. The Morgan fingerprint density at radius 2 is 1.65 bits per heavy atom. The summed E-state index contributed by atoms with van der Waals surface area (Å²) in [5, 5.41) is 0. The first-order valence-corrected chi connectivity index (χ1v) is 9.59. The molecule has 0 saturated carbocycles. The van der Waals surface area contributed by atoms with Gasteiger partial charge in [-0.2, -0.15) is 17.0 Å². The smallest absolute Gasteiger partial charge is 0.317 e. The topological polar surface area (TPSA) is 75.6 Å². The van der Waals surface area contributed by atoms with Crippen LogP contribution in [0.4, 0.5) is 0 Å². The molecule has 8 heteroatoms. The van der Waals surface area contributed by atoms with E-state index in [1.54, 1.807) is 8.61 Å². The van der Waals surface area contributed by atoms with Crippen molar-refractivity contribution in [3.05, 3.63) is 17.5 Å². The summed E-state index contributed by atoms with van der Waals surface area (Å²) in [5.74, 6) is 0. The summed E-state index contributed by atoms with van der Waals surface area (Å²) < 4.78 is 34.3. The number of aromatic nitrogens is 2. The summed E-state index contributed by atoms with van der Waals surface area (Å²) in [7, 11) is -3.36. The second-order valence-corrected chi connectivity index (χ2v) is 8.22. The fraction of sp³-hybridized carbons (Fsp3) is 0.733. The third-order valence-corrected chi connectivity index (χ3v) is 6.29. The van der Waals surface area contributed by atoms with Crippen molar-refractivity contribution >= 4 is 10.2 Å². The Labute approximate surface area is 137 Å². The molecule has 1 aromatic heterocycles. The first-order chi connectivity index (χ1) is 10.9. The van der Waals surface area contributed by atoms with Gasteiger partial charge < -0.3 is 4.74 Å². The van der Waals surface area contributed by atoms with Gasteiger partial charge in [0, 0.05) is 31.0 Å². The van der Waals surface area contributed by atoms with Gasteiger partial charge >= 0.3 is 6.01 Å². The molecule has 23 heavy (non-hydrogen) atoms. The average molecular weight is 340 g/mol. The van der Waals surface area contributed by atoms with E-state index in [0.717, 1.165) is 37.1 Å². The number of aryl methyl sites for hydroxylation is 2. The summed E-state index contributed by atoms with van der Waals surface area (Å²) >= 11 is 0. The molecule has 7 nitrogen and oxygen atoms in total. The van der Waals surface area contributed by atoms with Crippen LogP contribution in [0.2, 0.25) is 0 Å². The van der Waals surface area contributed by atoms with Gasteiger partial charge in [-0.15, -0.1) is 0 Å². The van der Waals surface area contributed by atoms with E-state index in [1.807, 2.05) is 19.9 Å². The van der Waals surface area contributed by atoms with Crippen LogP contribution >= 0.6 is 0 Å². The van der Waals surface area contributed by atoms with Crippen LogP contribution in [0.3, 0.4) is 0 Å². The van der Waals surface area contributed by atoms with Gasteiger partial charge in [0.15, 0.2) is 0 Å². The van der Waals surface area contributed by atoms with E-state index in [-0.39, 0.29) is 6.10 Å². The van der Waals surface area contributed by atoms with Crippen LogP contribution in [0, 0.1) is 13.8 Å². The monoisotopic (exact) mass is 340 g/mol. The average Bonchev–Trinajstić information content (AvgIpc) is 3.01. The Kier molecular flexibility index (Phi) is 4.84. The maximum Gasteiger partial charge on any atom is 0.317 e. The molecule has 0 aliphatic carbocycles. The van der Waals surface area contributed by atoms with Gasteiger partial charge in [0.25, 0.3) is 10.2 Å². The Morgan fingerprint density at radius 3 is 2.30 bits per heavy atom. The molecule has 0 spiro atoms. The van der Waals surface area contributed by atoms with E-state index >= 15 is 0 Å². The van der Waals surface area contributed by atoms with Gasteiger partial charge in [0.1, 0.15) is 6.10 Å². The molecule has 3 heterocycles. The number of hydrogen-bond donors (Lipinski definition) is 0. The van der Waals surface area contributed by atoms with Crippen LogP contribution in [-0.2, 0) is 10.2 Å². The second kappa shape index (κ2) is 6.70. The van der Waals surface area contributed by atoms with Gasteiger partial charge in [0.05, 0.1) is 6.54 Å². The molecule has 1 unspecified atom stereocenters. The molecular formula is C15H24N4O3S. The lowest BCUT2D eigenvalue weighted by molar-refractivity contribution is 0.116. The Bertz CT molecular complexity index is 638. The SMILES string of the molecule is Cc1cc(C)nc(OC2CCCN(S(=O)(=O)N3CCCC3)C2)n1. The summed E-state index contributed by atoms with van der Waals surface area (Å²) in [6, 6.07) is 2.23. The number of hydrogen-bond acceptors (Lipinski definition) is 5. The predicted molar refractivity (Wildman–Crippen MR) is 86.5 cm³/mol. The van der Waals surface area contributed by atoms with Crippen molar-refractivity contribution < 1.29 is 13.2 Å². The first-order valence-electron chi connectivity index (χ1n) is 8.19. The molecule has 2 aliphatic rings. The maximum atomic E-state index is 12.7. The highest BCUT2D eigenvalue weighted by Gasteiger charge is 2.35. The summed E-state index contributed by atoms with van der Waals surface area (Å²) in [4.78, 5) is 8.56. The molecule has 1 aromatic rings. The van der Waals surface area contributed by atoms with Crippen molar-refractivity contribution in [1.29, 1.82) is 0 Å². The number of ether oxygens (including phenoxy) is 1. The van der Waals surface area contributed by atoms with Gasteiger partial charge in [-0.1, -0.05) is 0 Å². The lowest BCUT2D eigenvalue weighted by Gasteiger charge is -2.33. The van der Waals surface area contributed by atoms with Crippen LogP contribution < -0.4 is 4.74 Å². The zero-order valence-electron chi connectivity index (χ0n) is 13.7. The van der Waals surface area contributed by atoms with Crippen LogP contribution in [-0.4, -0.2) is 59.3 Å². The number of piperidine rings is 1. The molecule has 2 saturated heterocycles. The highest BCUT2D eigenvalue weighted by molar-refractivity contribution is 7.86. The number of rotatable bonds is 4. The minimum Gasteiger partial charge on any atom is -0.459 e. The molecule has 0 amide bonds. The zero-order valence-corrected chi connectivity index (χ0v) is 14.5. The maximum absolute atomic E-state index is 12.7. The normalized spacial score (nSPS) is 24.0. The fourth-order valence-electron chi connectivity index (χ4n) is 3.19. The van der Waals surface area contributed by atoms with Crippen molar-refractivity contribution in [1.82, 2.24) is 18.6 Å². The van der Waals surface area contributed by atoms with Crippen LogP contribution in [0.1, 0.15) is 37.1 Å². The van der Waals surface area contributed by atoms with Crippen LogP contribution in [0.25, 0.3) is 0 Å². The minimum atomic E-state index is -3.36. The molecular weight excluding hydrogens is 316 g/mol. The van der Waals surface area contributed by atoms with E-state index < -0.39 is 10.2 Å². The van der Waals surface area contributed by atoms with Gasteiger partial charge in [-0.05, 0) is 45.6 Å². The molecule has 2 fully saturated rings. The Hall–Kier alpha value is -1.25. The molecule has 3 rings (SSSR count). The van der Waals surface area contributed by atoms with E-state index in [9.17, 15) is 8.42 Å². The number of nitrogens with zero attached hydrogens (tertiary/aromatic N) is 4. The summed E-state index contributed by atoms with van der Waals surface area (Å²) in [6.07, 6.45) is 3.32. The van der Waals surface area contributed by atoms with Gasteiger partial charge in [0.2, 0.25) is 0 Å². The van der Waals surface area contributed by atoms with Gasteiger partial charge in [-0.25, -0.2) is 9.97 Å². The third-order valence-electron chi connectivity index (χ3n) is 4.29. The zero-order chi connectivity index (χ0) is 16.4. The van der Waals surface area contributed by atoms with E-state index in [1.165, 1.54) is 0 Å². The highest BCUT2D eigenvalue weighted by atomic mass is 32.2. The quantitative estimate of drug-likeness (QED) is 0.825. The van der Waals surface area contributed by atoms with Crippen molar-refractivity contribution in [2.24, 2.45) is 0 Å².